The first-order chi connectivity index (χ1) is 12.9. The van der Waals surface area contributed by atoms with Gasteiger partial charge in [0.05, 0.1) is 11.6 Å². The first-order valence-electron chi connectivity index (χ1n) is 8.54. The van der Waals surface area contributed by atoms with Gasteiger partial charge in [0.15, 0.2) is 5.65 Å². The van der Waals surface area contributed by atoms with Crippen LogP contribution in [0.1, 0.15) is 5.82 Å². The molecule has 2 aromatic heterocycles. The third kappa shape index (κ3) is 3.04. The molecule has 0 unspecified atom stereocenters. The van der Waals surface area contributed by atoms with Crippen molar-refractivity contribution in [2.45, 2.75) is 11.8 Å². The monoisotopic (exact) mass is 390 g/mol. The Bertz CT molecular complexity index is 1110. The second kappa shape index (κ2) is 6.54. The number of aromatic nitrogens is 4. The molecule has 0 spiro atoms. The van der Waals surface area contributed by atoms with Gasteiger partial charge in [0.2, 0.25) is 10.0 Å². The number of halogens is 1. The van der Waals surface area contributed by atoms with Crippen molar-refractivity contribution < 1.29 is 12.8 Å². The van der Waals surface area contributed by atoms with Gasteiger partial charge in [-0.3, -0.25) is 4.68 Å². The van der Waals surface area contributed by atoms with E-state index in [-0.39, 0.29) is 18.0 Å². The summed E-state index contributed by atoms with van der Waals surface area (Å²) in [6.45, 7) is 3.22. The van der Waals surface area contributed by atoms with Gasteiger partial charge in [-0.2, -0.15) is 9.40 Å². The minimum Gasteiger partial charge on any atom is -0.353 e. The van der Waals surface area contributed by atoms with Gasteiger partial charge >= 0.3 is 0 Å². The third-order valence-corrected chi connectivity index (χ3v) is 6.61. The molecule has 0 bridgehead atoms. The van der Waals surface area contributed by atoms with Crippen molar-refractivity contribution in [3.8, 4) is 0 Å². The van der Waals surface area contributed by atoms with Crippen LogP contribution in [0.5, 0.6) is 0 Å². The van der Waals surface area contributed by atoms with Gasteiger partial charge in [-0.15, -0.1) is 0 Å². The van der Waals surface area contributed by atoms with Gasteiger partial charge in [0.25, 0.3) is 0 Å². The highest BCUT2D eigenvalue weighted by atomic mass is 32.2. The summed E-state index contributed by atoms with van der Waals surface area (Å²) < 4.78 is 42.5. The molecule has 8 nitrogen and oxygen atoms in total. The Morgan fingerprint density at radius 2 is 1.78 bits per heavy atom. The van der Waals surface area contributed by atoms with Crippen LogP contribution in [0.2, 0.25) is 0 Å². The van der Waals surface area contributed by atoms with Gasteiger partial charge < -0.3 is 4.90 Å². The molecule has 3 aromatic rings. The largest absolute Gasteiger partial charge is 0.353 e. The number of hydrogen-bond acceptors (Lipinski definition) is 6. The van der Waals surface area contributed by atoms with Crippen LogP contribution in [0.4, 0.5) is 10.2 Å². The van der Waals surface area contributed by atoms with E-state index in [1.165, 1.54) is 22.5 Å². The van der Waals surface area contributed by atoms with Crippen LogP contribution in [0, 0.1) is 12.7 Å². The van der Waals surface area contributed by atoms with E-state index in [0.29, 0.717) is 18.9 Å². The molecule has 10 heteroatoms. The first-order valence-corrected chi connectivity index (χ1v) is 9.98. The minimum absolute atomic E-state index is 0.251. The molecule has 0 atom stereocenters. The first kappa shape index (κ1) is 17.8. The number of hydrogen-bond donors (Lipinski definition) is 0. The van der Waals surface area contributed by atoms with Crippen LogP contribution in [-0.2, 0) is 17.1 Å². The van der Waals surface area contributed by atoms with E-state index >= 15 is 0 Å². The van der Waals surface area contributed by atoms with Crippen LogP contribution < -0.4 is 4.90 Å². The van der Waals surface area contributed by atoms with Crippen molar-refractivity contribution in [3.05, 3.63) is 42.1 Å². The summed E-state index contributed by atoms with van der Waals surface area (Å²) in [5, 5.41) is 5.06. The quantitative estimate of drug-likeness (QED) is 0.671. The van der Waals surface area contributed by atoms with E-state index in [1.54, 1.807) is 10.9 Å². The molecule has 1 aliphatic rings. The maximum atomic E-state index is 14.0. The highest BCUT2D eigenvalue weighted by Crippen LogP contribution is 2.26. The summed E-state index contributed by atoms with van der Waals surface area (Å²) in [4.78, 5) is 10.7. The molecule has 27 heavy (non-hydrogen) atoms. The van der Waals surface area contributed by atoms with E-state index in [0.717, 1.165) is 22.9 Å². The molecular weight excluding hydrogens is 371 g/mol. The van der Waals surface area contributed by atoms with Crippen molar-refractivity contribution in [1.29, 1.82) is 0 Å². The molecule has 4 rings (SSSR count). The maximum absolute atomic E-state index is 14.0. The smallest absolute Gasteiger partial charge is 0.246 e. The Morgan fingerprint density at radius 1 is 1.07 bits per heavy atom. The standard InChI is InChI=1S/C17H19FN6O2S/c1-12-20-16-13(11-19-22(16)2)17(21-12)23-7-9-24(10-8-23)27(25,26)15-6-4-3-5-14(15)18/h3-6,11H,7-10H2,1-2H3. The molecule has 0 radical (unpaired) electrons. The number of rotatable bonds is 3. The molecule has 1 aliphatic heterocycles. The van der Waals surface area contributed by atoms with E-state index in [4.69, 9.17) is 0 Å². The second-order valence-corrected chi connectivity index (χ2v) is 8.33. The van der Waals surface area contributed by atoms with E-state index in [2.05, 4.69) is 15.1 Å². The number of sulfonamides is 1. The van der Waals surface area contributed by atoms with E-state index in [1.807, 2.05) is 18.9 Å². The van der Waals surface area contributed by atoms with Crippen LogP contribution in [0.15, 0.2) is 35.4 Å². The molecule has 1 aromatic carbocycles. The number of piperazine rings is 1. The zero-order chi connectivity index (χ0) is 19.2. The zero-order valence-electron chi connectivity index (χ0n) is 15.0. The van der Waals surface area contributed by atoms with Gasteiger partial charge in [-0.25, -0.2) is 22.8 Å². The Kier molecular flexibility index (Phi) is 4.31. The molecule has 1 fully saturated rings. The Hall–Kier alpha value is -2.59. The second-order valence-electron chi connectivity index (χ2n) is 6.42. The van der Waals surface area contributed by atoms with Crippen LogP contribution in [0.25, 0.3) is 11.0 Å². The van der Waals surface area contributed by atoms with Crippen molar-refractivity contribution in [1.82, 2.24) is 24.1 Å². The predicted molar refractivity (Wildman–Crippen MR) is 98.4 cm³/mol. The average molecular weight is 390 g/mol. The summed E-state index contributed by atoms with van der Waals surface area (Å²) in [6, 6.07) is 5.45. The molecule has 142 valence electrons. The number of fused-ring (bicyclic) bond motifs is 1. The Labute approximate surface area is 156 Å². The zero-order valence-corrected chi connectivity index (χ0v) is 15.8. The van der Waals surface area contributed by atoms with Crippen LogP contribution in [0.3, 0.4) is 0 Å². The molecule has 1 saturated heterocycles. The highest BCUT2D eigenvalue weighted by molar-refractivity contribution is 7.89. The van der Waals surface area contributed by atoms with Crippen LogP contribution >= 0.6 is 0 Å². The predicted octanol–water partition coefficient (Wildman–Crippen LogP) is 1.32. The Morgan fingerprint density at radius 3 is 2.48 bits per heavy atom. The number of aryl methyl sites for hydroxylation is 2. The molecule has 3 heterocycles. The summed E-state index contributed by atoms with van der Waals surface area (Å²) in [7, 11) is -2.05. The summed E-state index contributed by atoms with van der Waals surface area (Å²) >= 11 is 0. The van der Waals surface area contributed by atoms with E-state index in [9.17, 15) is 12.8 Å². The van der Waals surface area contributed by atoms with Crippen molar-refractivity contribution in [3.63, 3.8) is 0 Å². The average Bonchev–Trinajstić information content (AvgIpc) is 3.02. The van der Waals surface area contributed by atoms with Crippen molar-refractivity contribution in [2.75, 3.05) is 31.1 Å². The lowest BCUT2D eigenvalue weighted by Crippen LogP contribution is -2.49. The van der Waals surface area contributed by atoms with Gasteiger partial charge in [-0.05, 0) is 19.1 Å². The number of benzene rings is 1. The number of nitrogens with zero attached hydrogens (tertiary/aromatic N) is 6. The number of anilines is 1. The fraction of sp³-hybridized carbons (Fsp3) is 0.353. The fourth-order valence-electron chi connectivity index (χ4n) is 3.29. The third-order valence-electron chi connectivity index (χ3n) is 4.68. The maximum Gasteiger partial charge on any atom is 0.246 e. The normalized spacial score (nSPS) is 16.2. The van der Waals surface area contributed by atoms with Crippen molar-refractivity contribution >= 4 is 26.9 Å². The van der Waals surface area contributed by atoms with Crippen molar-refractivity contribution in [2.24, 2.45) is 7.05 Å². The van der Waals surface area contributed by atoms with E-state index < -0.39 is 15.8 Å². The highest BCUT2D eigenvalue weighted by Gasteiger charge is 2.31. The van der Waals surface area contributed by atoms with Gasteiger partial charge in [0, 0.05) is 33.2 Å². The minimum atomic E-state index is -3.86. The lowest BCUT2D eigenvalue weighted by atomic mass is 10.3. The summed E-state index contributed by atoms with van der Waals surface area (Å²) in [5.74, 6) is 0.638. The SMILES string of the molecule is Cc1nc(N2CCN(S(=O)(=O)c3ccccc3F)CC2)c2cnn(C)c2n1. The molecule has 0 amide bonds. The Balaban J connectivity index is 1.59. The molecule has 0 aliphatic carbocycles. The molecule has 0 N–H and O–H groups in total. The summed E-state index contributed by atoms with van der Waals surface area (Å²) in [5.41, 5.74) is 0.735. The van der Waals surface area contributed by atoms with Gasteiger partial charge in [-0.1, -0.05) is 12.1 Å². The molecule has 0 saturated carbocycles. The fourth-order valence-corrected chi connectivity index (χ4v) is 4.77. The molecular formula is C17H19FN6O2S. The van der Waals surface area contributed by atoms with Crippen LogP contribution in [-0.4, -0.2) is 58.7 Å². The van der Waals surface area contributed by atoms with Gasteiger partial charge in [0.1, 0.15) is 22.4 Å². The summed E-state index contributed by atoms with van der Waals surface area (Å²) in [6.07, 6.45) is 1.71. The lowest BCUT2D eigenvalue weighted by molar-refractivity contribution is 0.381. The lowest BCUT2D eigenvalue weighted by Gasteiger charge is -2.35. The topological polar surface area (TPSA) is 84.2 Å².